The zero-order chi connectivity index (χ0) is 31.2. The molecule has 4 atom stereocenters. The number of amidine groups is 1. The Hall–Kier alpha value is -5.10. The third kappa shape index (κ3) is 7.09. The number of nitrogen functional groups attached to an aromatic ring is 1. The molecular weight excluding hydrogens is 594 g/mol. The van der Waals surface area contributed by atoms with E-state index in [4.69, 9.17) is 21.0 Å². The number of ether oxygens (including phenoxy) is 1. The third-order valence-corrected chi connectivity index (χ3v) is 7.73. The molecule has 44 heavy (non-hydrogen) atoms. The fourth-order valence-corrected chi connectivity index (χ4v) is 5.13. The number of aliphatic imine (C=N–C) groups is 1. The first-order chi connectivity index (χ1) is 21.2. The molecule has 3 aromatic rings. The third-order valence-electron chi connectivity index (χ3n) is 7.06. The number of likely N-dealkylation sites (tertiary alicyclic amines) is 1. The number of likely N-dealkylation sites (N-methyl/N-ethyl adjacent to an activating group) is 1. The molecule has 4 unspecified atom stereocenters. The second-order valence-electron chi connectivity index (χ2n) is 10.0. The van der Waals surface area contributed by atoms with Crippen LogP contribution in [0.1, 0.15) is 17.7 Å². The number of carbonyl (C=O) groups is 3. The lowest BCUT2D eigenvalue weighted by Crippen LogP contribution is -2.71. The second-order valence-corrected chi connectivity index (χ2v) is 10.9. The van der Waals surface area contributed by atoms with Crippen LogP contribution in [0, 0.1) is 0 Å². The van der Waals surface area contributed by atoms with Crippen LogP contribution in [0.15, 0.2) is 52.4 Å². The summed E-state index contributed by atoms with van der Waals surface area (Å²) in [5.41, 5.74) is 12.3. The molecule has 2 aromatic heterocycles. The predicted octanol–water partition coefficient (Wildman–Crippen LogP) is -1.34. The summed E-state index contributed by atoms with van der Waals surface area (Å²) >= 11 is 1.05. The summed E-state index contributed by atoms with van der Waals surface area (Å²) in [6, 6.07) is 5.52. The van der Waals surface area contributed by atoms with E-state index in [1.807, 2.05) is 0 Å². The lowest BCUT2D eigenvalue weighted by molar-refractivity contribution is -0.152. The van der Waals surface area contributed by atoms with Crippen LogP contribution in [0.3, 0.4) is 0 Å². The van der Waals surface area contributed by atoms with Gasteiger partial charge in [-0.1, -0.05) is 5.16 Å². The Balaban J connectivity index is 1.24. The van der Waals surface area contributed by atoms with Crippen LogP contribution >= 0.6 is 11.3 Å². The Labute approximate surface area is 254 Å². The first-order valence-electron chi connectivity index (χ1n) is 13.5. The van der Waals surface area contributed by atoms with Gasteiger partial charge in [-0.15, -0.1) is 11.3 Å². The van der Waals surface area contributed by atoms with Gasteiger partial charge in [0.05, 0.1) is 18.6 Å². The van der Waals surface area contributed by atoms with Crippen LogP contribution in [0.4, 0.5) is 5.13 Å². The minimum Gasteiger partial charge on any atom is -0.489 e. The quantitative estimate of drug-likeness (QED) is 0.0642. The molecule has 18 heteroatoms. The van der Waals surface area contributed by atoms with Gasteiger partial charge in [-0.25, -0.2) is 14.8 Å². The summed E-state index contributed by atoms with van der Waals surface area (Å²) in [5.74, 6) is -1.75. The van der Waals surface area contributed by atoms with Crippen molar-refractivity contribution in [2.45, 2.75) is 37.2 Å². The monoisotopic (exact) mass is 625 g/mol. The highest BCUT2D eigenvalue weighted by Crippen LogP contribution is 2.21. The lowest BCUT2D eigenvalue weighted by Gasteiger charge is -2.44. The van der Waals surface area contributed by atoms with E-state index in [0.29, 0.717) is 17.1 Å². The van der Waals surface area contributed by atoms with Crippen molar-refractivity contribution in [3.63, 3.8) is 0 Å². The van der Waals surface area contributed by atoms with Gasteiger partial charge < -0.3 is 41.7 Å². The Bertz CT molecular complexity index is 1540. The number of carbonyl (C=O) groups excluding carboxylic acids is 2. The maximum atomic E-state index is 13.3. The largest absolute Gasteiger partial charge is 0.489 e. The van der Waals surface area contributed by atoms with Crippen LogP contribution in [0.2, 0.25) is 0 Å². The number of anilines is 1. The molecule has 1 aromatic carbocycles. The summed E-state index contributed by atoms with van der Waals surface area (Å²) < 4.78 is 7.15. The summed E-state index contributed by atoms with van der Waals surface area (Å²) in [7, 11) is 1.60. The van der Waals surface area contributed by atoms with Crippen molar-refractivity contribution in [2.75, 3.05) is 32.5 Å². The standard InChI is InChI=1S/C26H31N11O6S/c1-36-18(9-37-13-30-12-31-37)21(24(36)39)34-23(38)20(17-11-44-26(28)33-17)35-43-19(25(40)41)10-42-16-4-2-14(3-5-16)22(27)32-15-6-7-29-8-15/h2-5,11-13,15,18-19,21,29H,6-10H2,1H3,(H2,27,32)(H2,28,33)(H,34,38)(H,40,41). The maximum Gasteiger partial charge on any atom is 0.351 e. The lowest BCUT2D eigenvalue weighted by atomic mass is 9.95. The van der Waals surface area contributed by atoms with E-state index in [9.17, 15) is 19.5 Å². The number of oxime groups is 1. The smallest absolute Gasteiger partial charge is 0.351 e. The Morgan fingerprint density at radius 1 is 1.32 bits per heavy atom. The molecular formula is C26H31N11O6S. The van der Waals surface area contributed by atoms with Crippen molar-refractivity contribution in [1.29, 1.82) is 0 Å². The average Bonchev–Trinajstić information content (AvgIpc) is 3.81. The second kappa shape index (κ2) is 13.5. The Morgan fingerprint density at radius 3 is 2.75 bits per heavy atom. The molecule has 0 radical (unpaired) electrons. The summed E-state index contributed by atoms with van der Waals surface area (Å²) in [4.78, 5) is 57.0. The van der Waals surface area contributed by atoms with Gasteiger partial charge >= 0.3 is 5.97 Å². The molecule has 2 fully saturated rings. The Kier molecular flexibility index (Phi) is 9.29. The molecule has 0 spiro atoms. The number of benzene rings is 1. The first kappa shape index (κ1) is 30.4. The summed E-state index contributed by atoms with van der Waals surface area (Å²) in [6.45, 7) is 1.53. The topological polar surface area (TPSA) is 238 Å². The van der Waals surface area contributed by atoms with E-state index in [1.165, 1.54) is 27.6 Å². The number of aromatic nitrogens is 4. The number of nitrogens with one attached hydrogen (secondary N) is 2. The van der Waals surface area contributed by atoms with Gasteiger partial charge in [0.25, 0.3) is 12.0 Å². The fraction of sp³-hybridized carbons (Fsp3) is 0.385. The minimum absolute atomic E-state index is 0.0474. The van der Waals surface area contributed by atoms with Gasteiger partial charge in [-0.3, -0.25) is 19.3 Å². The normalized spacial score (nSPS) is 21.1. The number of thiazole rings is 1. The molecule has 4 heterocycles. The number of carboxylic acid groups (broad SMARTS) is 1. The molecule has 2 aliphatic heterocycles. The molecule has 2 saturated heterocycles. The van der Waals surface area contributed by atoms with Gasteiger partial charge in [0.15, 0.2) is 10.8 Å². The van der Waals surface area contributed by atoms with Gasteiger partial charge in [-0.05, 0) is 37.2 Å². The molecule has 0 saturated carbocycles. The fourth-order valence-electron chi connectivity index (χ4n) is 4.58. The van der Waals surface area contributed by atoms with Crippen molar-refractivity contribution in [3.8, 4) is 5.75 Å². The van der Waals surface area contributed by atoms with Gasteiger partial charge in [0, 0.05) is 24.5 Å². The predicted molar refractivity (Wildman–Crippen MR) is 158 cm³/mol. The number of β-lactam (4-membered cyclic amide) rings is 1. The highest BCUT2D eigenvalue weighted by Gasteiger charge is 2.46. The highest BCUT2D eigenvalue weighted by atomic mass is 32.1. The first-order valence-corrected chi connectivity index (χ1v) is 14.4. The Morgan fingerprint density at radius 2 is 2.11 bits per heavy atom. The minimum atomic E-state index is -1.59. The van der Waals surface area contributed by atoms with Crippen molar-refractivity contribution in [3.05, 3.63) is 53.6 Å². The van der Waals surface area contributed by atoms with Crippen LogP contribution in [0.25, 0.3) is 0 Å². The molecule has 0 aliphatic carbocycles. The van der Waals surface area contributed by atoms with Gasteiger partial charge in [0.2, 0.25) is 5.91 Å². The number of hydrogen-bond donors (Lipinski definition) is 5. The van der Waals surface area contributed by atoms with Crippen LogP contribution in [-0.4, -0.2) is 110 Å². The van der Waals surface area contributed by atoms with E-state index in [1.54, 1.807) is 31.3 Å². The SMILES string of the molecule is CN1C(=O)C(NC(=O)C(=NOC(COc2ccc(C(N)=NC3CCNC3)cc2)C(=O)O)c2csc(N)n2)C1Cn1cncn1. The maximum absolute atomic E-state index is 13.3. The van der Waals surface area contributed by atoms with E-state index in [2.05, 4.69) is 35.8 Å². The van der Waals surface area contributed by atoms with Crippen molar-refractivity contribution in [2.24, 2.45) is 15.9 Å². The highest BCUT2D eigenvalue weighted by molar-refractivity contribution is 7.13. The van der Waals surface area contributed by atoms with Crippen LogP contribution in [-0.2, 0) is 25.8 Å². The number of amides is 2. The van der Waals surface area contributed by atoms with E-state index < -0.39 is 36.7 Å². The van der Waals surface area contributed by atoms with E-state index >= 15 is 0 Å². The zero-order valence-corrected chi connectivity index (χ0v) is 24.4. The number of nitrogens with zero attached hydrogens (tertiary/aromatic N) is 7. The van der Waals surface area contributed by atoms with Crippen molar-refractivity contribution >= 4 is 45.8 Å². The van der Waals surface area contributed by atoms with E-state index in [0.717, 1.165) is 30.8 Å². The van der Waals surface area contributed by atoms with E-state index in [-0.39, 0.29) is 35.0 Å². The molecule has 17 nitrogen and oxygen atoms in total. The van der Waals surface area contributed by atoms with Crippen LogP contribution in [0.5, 0.6) is 5.75 Å². The summed E-state index contributed by atoms with van der Waals surface area (Å²) in [5, 5.41) is 25.1. The molecule has 2 amide bonds. The van der Waals surface area contributed by atoms with Gasteiger partial charge in [-0.2, -0.15) is 5.10 Å². The average molecular weight is 626 g/mol. The molecule has 7 N–H and O–H groups in total. The molecule has 232 valence electrons. The molecule has 2 aliphatic rings. The number of nitrogens with two attached hydrogens (primary N) is 2. The number of carboxylic acids is 1. The van der Waals surface area contributed by atoms with Crippen LogP contribution < -0.4 is 26.8 Å². The number of hydrogen-bond acceptors (Lipinski definition) is 13. The molecule has 5 rings (SSSR count). The number of rotatable bonds is 13. The zero-order valence-electron chi connectivity index (χ0n) is 23.6. The van der Waals surface area contributed by atoms with Gasteiger partial charge in [0.1, 0.15) is 42.6 Å². The van der Waals surface area contributed by atoms with Crippen molar-refractivity contribution in [1.82, 2.24) is 35.3 Å². The summed E-state index contributed by atoms with van der Waals surface area (Å²) in [6.07, 6.45) is 2.18. The number of aliphatic carboxylic acids is 1. The molecule has 0 bridgehead atoms. The van der Waals surface area contributed by atoms with Crippen molar-refractivity contribution < 1.29 is 29.1 Å².